The quantitative estimate of drug-likeness (QED) is 0.611. The molecule has 0 aliphatic heterocycles. The molecule has 2 unspecified atom stereocenters. The standard InChI is InChI=1S/C7H16FNOS/c1-7(11(2)10)3-5-9-6-4-8/h7,9H,3-6H2,1-2H3. The lowest BCUT2D eigenvalue weighted by molar-refractivity contribution is 0.465. The highest BCUT2D eigenvalue weighted by Crippen LogP contribution is 1.96. The Morgan fingerprint density at radius 2 is 2.18 bits per heavy atom. The molecule has 0 saturated carbocycles. The van der Waals surface area contributed by atoms with E-state index in [1.54, 1.807) is 6.26 Å². The second-order valence-corrected chi connectivity index (χ2v) is 4.34. The van der Waals surface area contributed by atoms with Crippen LogP contribution >= 0.6 is 0 Å². The van der Waals surface area contributed by atoms with Crippen LogP contribution < -0.4 is 5.32 Å². The van der Waals surface area contributed by atoms with E-state index in [0.717, 1.165) is 13.0 Å². The molecule has 0 heterocycles. The molecule has 0 fully saturated rings. The zero-order valence-corrected chi connectivity index (χ0v) is 7.92. The van der Waals surface area contributed by atoms with E-state index in [0.29, 0.717) is 6.54 Å². The molecule has 11 heavy (non-hydrogen) atoms. The number of halogens is 1. The van der Waals surface area contributed by atoms with Gasteiger partial charge in [0.25, 0.3) is 0 Å². The number of hydrogen-bond acceptors (Lipinski definition) is 2. The lowest BCUT2D eigenvalue weighted by Crippen LogP contribution is -2.22. The predicted octanol–water partition coefficient (Wildman–Crippen LogP) is 0.703. The van der Waals surface area contributed by atoms with Gasteiger partial charge in [-0.15, -0.1) is 0 Å². The minimum Gasteiger partial charge on any atom is -0.314 e. The molecule has 0 rings (SSSR count). The van der Waals surface area contributed by atoms with E-state index in [1.165, 1.54) is 0 Å². The summed E-state index contributed by atoms with van der Waals surface area (Å²) in [6.45, 7) is 2.77. The monoisotopic (exact) mass is 181 g/mol. The van der Waals surface area contributed by atoms with Gasteiger partial charge in [0, 0.05) is 28.9 Å². The van der Waals surface area contributed by atoms with Crippen LogP contribution in [0.4, 0.5) is 4.39 Å². The molecule has 0 aromatic rings. The van der Waals surface area contributed by atoms with Crippen LogP contribution in [-0.2, 0) is 10.8 Å². The van der Waals surface area contributed by atoms with Crippen molar-refractivity contribution in [1.82, 2.24) is 5.32 Å². The summed E-state index contributed by atoms with van der Waals surface area (Å²) in [7, 11) is -0.749. The zero-order chi connectivity index (χ0) is 8.69. The minimum atomic E-state index is -0.749. The van der Waals surface area contributed by atoms with Crippen molar-refractivity contribution >= 4 is 10.8 Å². The molecule has 0 spiro atoms. The Balaban J connectivity index is 3.17. The summed E-state index contributed by atoms with van der Waals surface area (Å²) in [6, 6.07) is 0. The Morgan fingerprint density at radius 1 is 1.55 bits per heavy atom. The van der Waals surface area contributed by atoms with Crippen LogP contribution in [0.3, 0.4) is 0 Å². The van der Waals surface area contributed by atoms with Gasteiger partial charge in [-0.1, -0.05) is 6.92 Å². The first kappa shape index (κ1) is 11.0. The van der Waals surface area contributed by atoms with Gasteiger partial charge in [-0.2, -0.15) is 0 Å². The maximum atomic E-state index is 11.6. The van der Waals surface area contributed by atoms with Crippen molar-refractivity contribution in [2.24, 2.45) is 0 Å². The molecular formula is C7H16FNOS. The molecule has 0 radical (unpaired) electrons. The Hall–Kier alpha value is 0.0400. The van der Waals surface area contributed by atoms with Gasteiger partial charge in [-0.05, 0) is 13.0 Å². The molecule has 2 nitrogen and oxygen atoms in total. The summed E-state index contributed by atoms with van der Waals surface area (Å²) < 4.78 is 22.4. The molecule has 0 saturated heterocycles. The fourth-order valence-electron chi connectivity index (χ4n) is 0.663. The molecule has 0 aliphatic rings. The topological polar surface area (TPSA) is 29.1 Å². The largest absolute Gasteiger partial charge is 0.314 e. The maximum absolute atomic E-state index is 11.6. The van der Waals surface area contributed by atoms with Crippen molar-refractivity contribution in [1.29, 1.82) is 0 Å². The first-order chi connectivity index (χ1) is 5.18. The van der Waals surface area contributed by atoms with E-state index < -0.39 is 10.8 Å². The zero-order valence-electron chi connectivity index (χ0n) is 7.10. The molecule has 4 heteroatoms. The highest BCUT2D eigenvalue weighted by molar-refractivity contribution is 7.84. The van der Waals surface area contributed by atoms with E-state index in [4.69, 9.17) is 0 Å². The predicted molar refractivity (Wildman–Crippen MR) is 47.0 cm³/mol. The van der Waals surface area contributed by atoms with Crippen LogP contribution in [0.1, 0.15) is 13.3 Å². The van der Waals surface area contributed by atoms with Crippen LogP contribution in [0.15, 0.2) is 0 Å². The van der Waals surface area contributed by atoms with Gasteiger partial charge < -0.3 is 5.32 Å². The summed E-state index contributed by atoms with van der Waals surface area (Å²) in [4.78, 5) is 0. The Labute approximate surface area is 70.0 Å². The van der Waals surface area contributed by atoms with Crippen molar-refractivity contribution in [3.05, 3.63) is 0 Å². The first-order valence-electron chi connectivity index (χ1n) is 3.77. The molecule has 0 bridgehead atoms. The first-order valence-corrected chi connectivity index (χ1v) is 5.39. The average Bonchev–Trinajstić information content (AvgIpc) is 1.97. The molecule has 0 aromatic carbocycles. The third kappa shape index (κ3) is 6.44. The minimum absolute atomic E-state index is 0.210. The maximum Gasteiger partial charge on any atom is 0.102 e. The summed E-state index contributed by atoms with van der Waals surface area (Å²) in [5, 5.41) is 3.12. The van der Waals surface area contributed by atoms with E-state index in [9.17, 15) is 8.60 Å². The van der Waals surface area contributed by atoms with Gasteiger partial charge in [-0.25, -0.2) is 4.39 Å². The van der Waals surface area contributed by atoms with Gasteiger partial charge in [0.05, 0.1) is 0 Å². The lowest BCUT2D eigenvalue weighted by atomic mass is 10.3. The van der Waals surface area contributed by atoms with Crippen LogP contribution in [0.5, 0.6) is 0 Å². The smallest absolute Gasteiger partial charge is 0.102 e. The van der Waals surface area contributed by atoms with Gasteiger partial charge in [0.2, 0.25) is 0 Å². The fraction of sp³-hybridized carbons (Fsp3) is 1.00. The molecule has 2 atom stereocenters. The van der Waals surface area contributed by atoms with E-state index in [2.05, 4.69) is 5.32 Å². The summed E-state index contributed by atoms with van der Waals surface area (Å²) in [5.74, 6) is 0. The lowest BCUT2D eigenvalue weighted by Gasteiger charge is -2.07. The summed E-state index contributed by atoms with van der Waals surface area (Å²) >= 11 is 0. The van der Waals surface area contributed by atoms with Crippen LogP contribution in [0.25, 0.3) is 0 Å². The number of rotatable bonds is 6. The van der Waals surface area contributed by atoms with Crippen LogP contribution in [0, 0.1) is 0 Å². The Morgan fingerprint density at radius 3 is 2.64 bits per heavy atom. The molecular weight excluding hydrogens is 165 g/mol. The van der Waals surface area contributed by atoms with Gasteiger partial charge >= 0.3 is 0 Å². The Bertz CT molecular complexity index is 121. The van der Waals surface area contributed by atoms with Gasteiger partial charge in [0.15, 0.2) is 0 Å². The van der Waals surface area contributed by atoms with Crippen LogP contribution in [0.2, 0.25) is 0 Å². The third-order valence-corrected chi connectivity index (χ3v) is 2.93. The van der Waals surface area contributed by atoms with Crippen LogP contribution in [-0.4, -0.2) is 35.5 Å². The molecule has 68 valence electrons. The second kappa shape index (κ2) is 6.73. The highest BCUT2D eigenvalue weighted by Gasteiger charge is 2.03. The molecule has 0 aliphatic carbocycles. The number of hydrogen-bond donors (Lipinski definition) is 1. The van der Waals surface area contributed by atoms with Gasteiger partial charge in [0.1, 0.15) is 6.67 Å². The van der Waals surface area contributed by atoms with Gasteiger partial charge in [-0.3, -0.25) is 4.21 Å². The normalized spacial score (nSPS) is 16.3. The fourth-order valence-corrected chi connectivity index (χ4v) is 1.11. The van der Waals surface area contributed by atoms with Crippen molar-refractivity contribution in [3.63, 3.8) is 0 Å². The van der Waals surface area contributed by atoms with E-state index in [-0.39, 0.29) is 11.9 Å². The van der Waals surface area contributed by atoms with Crippen molar-refractivity contribution in [2.75, 3.05) is 26.0 Å². The highest BCUT2D eigenvalue weighted by atomic mass is 32.2. The number of alkyl halides is 1. The summed E-state index contributed by atoms with van der Waals surface area (Å²) in [6.07, 6.45) is 2.54. The molecule has 0 aromatic heterocycles. The third-order valence-electron chi connectivity index (χ3n) is 1.57. The molecule has 1 N–H and O–H groups in total. The average molecular weight is 181 g/mol. The second-order valence-electron chi connectivity index (χ2n) is 2.54. The van der Waals surface area contributed by atoms with Crippen molar-refractivity contribution < 1.29 is 8.60 Å². The number of nitrogens with one attached hydrogen (secondary N) is 1. The molecule has 0 amide bonds. The van der Waals surface area contributed by atoms with E-state index >= 15 is 0 Å². The SMILES string of the molecule is CC(CCNCCF)S(C)=O. The van der Waals surface area contributed by atoms with Crippen molar-refractivity contribution in [2.45, 2.75) is 18.6 Å². The summed E-state index contributed by atoms with van der Waals surface area (Å²) in [5.41, 5.74) is 0. The Kier molecular flexibility index (Phi) is 6.76. The van der Waals surface area contributed by atoms with E-state index in [1.807, 2.05) is 6.92 Å². The van der Waals surface area contributed by atoms with Crippen molar-refractivity contribution in [3.8, 4) is 0 Å².